The zero-order valence-electron chi connectivity index (χ0n) is 11.5. The molecule has 1 heterocycles. The van der Waals surface area contributed by atoms with Gasteiger partial charge in [0.1, 0.15) is 6.04 Å². The van der Waals surface area contributed by atoms with Gasteiger partial charge in [-0.15, -0.1) is 0 Å². The van der Waals surface area contributed by atoms with Crippen LogP contribution in [0, 0.1) is 17.3 Å². The van der Waals surface area contributed by atoms with Crippen molar-refractivity contribution in [3.63, 3.8) is 0 Å². The lowest BCUT2D eigenvalue weighted by atomic mass is 9.88. The van der Waals surface area contributed by atoms with Crippen LogP contribution < -0.4 is 0 Å². The minimum Gasteiger partial charge on any atom is -0.480 e. The summed E-state index contributed by atoms with van der Waals surface area (Å²) in [4.78, 5) is 25.3. The van der Waals surface area contributed by atoms with E-state index in [2.05, 4.69) is 20.8 Å². The second-order valence-corrected chi connectivity index (χ2v) is 6.43. The van der Waals surface area contributed by atoms with Crippen molar-refractivity contribution in [3.8, 4) is 0 Å². The molecule has 0 aromatic rings. The number of hydrogen-bond donors (Lipinski definition) is 1. The van der Waals surface area contributed by atoms with Crippen LogP contribution >= 0.6 is 0 Å². The van der Waals surface area contributed by atoms with Crippen molar-refractivity contribution in [1.29, 1.82) is 0 Å². The Hall–Kier alpha value is -1.06. The van der Waals surface area contributed by atoms with Crippen LogP contribution in [0.3, 0.4) is 0 Å². The van der Waals surface area contributed by atoms with Crippen molar-refractivity contribution in [3.05, 3.63) is 0 Å². The Morgan fingerprint density at radius 1 is 1.39 bits per heavy atom. The molecule has 0 radical (unpaired) electrons. The van der Waals surface area contributed by atoms with Crippen molar-refractivity contribution in [2.75, 3.05) is 6.54 Å². The van der Waals surface area contributed by atoms with Gasteiger partial charge in [-0.2, -0.15) is 0 Å². The molecule has 3 unspecified atom stereocenters. The Morgan fingerprint density at radius 3 is 2.44 bits per heavy atom. The molecule has 1 amide bonds. The zero-order valence-corrected chi connectivity index (χ0v) is 11.5. The molecule has 0 aromatic heterocycles. The summed E-state index contributed by atoms with van der Waals surface area (Å²) in [7, 11) is 0. The van der Waals surface area contributed by atoms with Gasteiger partial charge in [0.05, 0.1) is 0 Å². The number of carboxylic acid groups (broad SMARTS) is 1. The second kappa shape index (κ2) is 4.56. The van der Waals surface area contributed by atoms with Gasteiger partial charge in [-0.3, -0.25) is 4.79 Å². The maximum Gasteiger partial charge on any atom is 0.326 e. The first-order valence-electron chi connectivity index (χ1n) is 6.90. The Bertz CT molecular complexity index is 364. The number of hydrogen-bond acceptors (Lipinski definition) is 2. The maximum atomic E-state index is 12.3. The number of carbonyl (C=O) groups excluding carboxylic acids is 1. The fourth-order valence-electron chi connectivity index (χ4n) is 3.00. The first-order valence-corrected chi connectivity index (χ1v) is 6.90. The van der Waals surface area contributed by atoms with E-state index in [1.165, 1.54) is 0 Å². The monoisotopic (exact) mass is 253 g/mol. The number of aliphatic carboxylic acids is 1. The summed E-state index contributed by atoms with van der Waals surface area (Å²) in [6, 6.07) is -0.604. The Balaban J connectivity index is 2.07. The molecule has 1 saturated carbocycles. The molecule has 18 heavy (non-hydrogen) atoms. The highest BCUT2D eigenvalue weighted by molar-refractivity contribution is 5.87. The maximum absolute atomic E-state index is 12.3. The van der Waals surface area contributed by atoms with Crippen LogP contribution in [0.4, 0.5) is 0 Å². The van der Waals surface area contributed by atoms with E-state index >= 15 is 0 Å². The van der Waals surface area contributed by atoms with E-state index in [1.54, 1.807) is 4.90 Å². The molecule has 1 N–H and O–H groups in total. The van der Waals surface area contributed by atoms with E-state index in [9.17, 15) is 14.7 Å². The molecule has 1 aliphatic heterocycles. The predicted molar refractivity (Wildman–Crippen MR) is 68.0 cm³/mol. The predicted octanol–water partition coefficient (Wildman–Crippen LogP) is 2.13. The summed E-state index contributed by atoms with van der Waals surface area (Å²) in [5, 5.41) is 9.31. The van der Waals surface area contributed by atoms with Crippen molar-refractivity contribution < 1.29 is 14.7 Å². The van der Waals surface area contributed by atoms with Crippen LogP contribution in [0.1, 0.15) is 46.5 Å². The van der Waals surface area contributed by atoms with E-state index in [1.807, 2.05) is 0 Å². The highest BCUT2D eigenvalue weighted by Crippen LogP contribution is 2.53. The highest BCUT2D eigenvalue weighted by atomic mass is 16.4. The largest absolute Gasteiger partial charge is 0.480 e. The standard InChI is InChI=1S/C14H23NO3/c1-4-9-5-6-15(11(7-9)13(17)18)12(16)10-8-14(10,2)3/h9-11H,4-8H2,1-3H3,(H,17,18). The normalized spacial score (nSPS) is 34.2. The third kappa shape index (κ3) is 2.38. The summed E-state index contributed by atoms with van der Waals surface area (Å²) >= 11 is 0. The molecule has 2 fully saturated rings. The molecule has 1 saturated heterocycles. The molecule has 3 atom stereocenters. The molecule has 0 aromatic carbocycles. The van der Waals surface area contributed by atoms with Crippen LogP contribution in [0.5, 0.6) is 0 Å². The average Bonchev–Trinajstić information content (AvgIpc) is 2.96. The van der Waals surface area contributed by atoms with E-state index in [0.717, 1.165) is 19.3 Å². The van der Waals surface area contributed by atoms with E-state index in [0.29, 0.717) is 18.9 Å². The Kier molecular flexibility index (Phi) is 3.39. The molecule has 2 aliphatic rings. The Morgan fingerprint density at radius 2 is 2.00 bits per heavy atom. The van der Waals surface area contributed by atoms with Crippen LogP contribution in [0.25, 0.3) is 0 Å². The van der Waals surface area contributed by atoms with E-state index < -0.39 is 12.0 Å². The number of rotatable bonds is 3. The molecule has 2 rings (SSSR count). The first-order chi connectivity index (χ1) is 8.36. The van der Waals surface area contributed by atoms with Gasteiger partial charge in [-0.25, -0.2) is 4.79 Å². The van der Waals surface area contributed by atoms with Gasteiger partial charge in [-0.1, -0.05) is 27.2 Å². The van der Waals surface area contributed by atoms with Gasteiger partial charge in [0.2, 0.25) is 5.91 Å². The summed E-state index contributed by atoms with van der Waals surface area (Å²) in [5.74, 6) is -0.304. The third-order valence-corrected chi connectivity index (χ3v) is 4.67. The number of amides is 1. The summed E-state index contributed by atoms with van der Waals surface area (Å²) in [6.07, 6.45) is 3.45. The van der Waals surface area contributed by atoms with Crippen molar-refractivity contribution in [1.82, 2.24) is 4.90 Å². The molecule has 1 aliphatic carbocycles. The average molecular weight is 253 g/mol. The van der Waals surface area contributed by atoms with Crippen LogP contribution in [-0.4, -0.2) is 34.5 Å². The zero-order chi connectivity index (χ0) is 13.5. The lowest BCUT2D eigenvalue weighted by Crippen LogP contribution is -2.51. The van der Waals surface area contributed by atoms with Crippen LogP contribution in [0.2, 0.25) is 0 Å². The minimum absolute atomic E-state index is 0.0394. The number of carbonyl (C=O) groups is 2. The Labute approximate surface area is 108 Å². The smallest absolute Gasteiger partial charge is 0.326 e. The minimum atomic E-state index is -0.847. The number of likely N-dealkylation sites (tertiary alicyclic amines) is 1. The molecule has 4 heteroatoms. The topological polar surface area (TPSA) is 57.6 Å². The van der Waals surface area contributed by atoms with Crippen LogP contribution in [0.15, 0.2) is 0 Å². The van der Waals surface area contributed by atoms with Gasteiger partial charge in [-0.05, 0) is 30.6 Å². The SMILES string of the molecule is CCC1CCN(C(=O)C2CC2(C)C)C(C(=O)O)C1. The van der Waals surface area contributed by atoms with Crippen LogP contribution in [-0.2, 0) is 9.59 Å². The van der Waals surface area contributed by atoms with Gasteiger partial charge >= 0.3 is 5.97 Å². The van der Waals surface area contributed by atoms with E-state index in [4.69, 9.17) is 0 Å². The second-order valence-electron chi connectivity index (χ2n) is 6.43. The molecular weight excluding hydrogens is 230 g/mol. The van der Waals surface area contributed by atoms with Gasteiger partial charge < -0.3 is 10.0 Å². The molecule has 4 nitrogen and oxygen atoms in total. The number of nitrogens with zero attached hydrogens (tertiary/aromatic N) is 1. The summed E-state index contributed by atoms with van der Waals surface area (Å²) in [6.45, 7) is 6.85. The lowest BCUT2D eigenvalue weighted by molar-refractivity contribution is -0.154. The number of carboxylic acids is 1. The molecular formula is C14H23NO3. The van der Waals surface area contributed by atoms with Crippen molar-refractivity contribution >= 4 is 11.9 Å². The highest BCUT2D eigenvalue weighted by Gasteiger charge is 2.53. The quantitative estimate of drug-likeness (QED) is 0.838. The van der Waals surface area contributed by atoms with Gasteiger partial charge in [0.15, 0.2) is 0 Å². The third-order valence-electron chi connectivity index (χ3n) is 4.67. The summed E-state index contributed by atoms with van der Waals surface area (Å²) < 4.78 is 0. The van der Waals surface area contributed by atoms with Crippen molar-refractivity contribution in [2.24, 2.45) is 17.3 Å². The van der Waals surface area contributed by atoms with Gasteiger partial charge in [0.25, 0.3) is 0 Å². The lowest BCUT2D eigenvalue weighted by Gasteiger charge is -2.37. The number of piperidine rings is 1. The van der Waals surface area contributed by atoms with E-state index in [-0.39, 0.29) is 17.2 Å². The first kappa shape index (κ1) is 13.4. The van der Waals surface area contributed by atoms with Gasteiger partial charge in [0, 0.05) is 12.5 Å². The fraction of sp³-hybridized carbons (Fsp3) is 0.857. The molecule has 0 spiro atoms. The summed E-state index contributed by atoms with van der Waals surface area (Å²) in [5.41, 5.74) is 0.0712. The van der Waals surface area contributed by atoms with Crippen molar-refractivity contribution in [2.45, 2.75) is 52.5 Å². The molecule has 102 valence electrons. The fourth-order valence-corrected chi connectivity index (χ4v) is 3.00. The molecule has 0 bridgehead atoms.